The molecule has 1 heteroatoms. The van der Waals surface area contributed by atoms with Crippen LogP contribution in [0.4, 0.5) is 0 Å². The Kier molecular flexibility index (Phi) is 5.59. The number of nitrogens with zero attached hydrogens (tertiary/aromatic N) is 1. The molecule has 0 heterocycles. The Morgan fingerprint density at radius 3 is 2.56 bits per heavy atom. The van der Waals surface area contributed by atoms with Crippen LogP contribution in [0.15, 0.2) is 4.99 Å². The summed E-state index contributed by atoms with van der Waals surface area (Å²) in [6, 6.07) is 0. The van der Waals surface area contributed by atoms with E-state index < -0.39 is 0 Å². The van der Waals surface area contributed by atoms with Gasteiger partial charge < -0.3 is 0 Å². The van der Waals surface area contributed by atoms with Gasteiger partial charge in [-0.25, -0.2) is 0 Å². The number of hydrogen-bond donors (Lipinski definition) is 0. The molecule has 0 fully saturated rings. The van der Waals surface area contributed by atoms with Crippen molar-refractivity contribution in [3.8, 4) is 0 Å². The molecule has 54 valence electrons. The van der Waals surface area contributed by atoms with Gasteiger partial charge in [-0.3, -0.25) is 4.99 Å². The lowest BCUT2D eigenvalue weighted by Crippen LogP contribution is -1.88. The first kappa shape index (κ1) is 8.67. The summed E-state index contributed by atoms with van der Waals surface area (Å²) in [5.74, 6) is 0.831. The molecule has 1 nitrogen and oxygen atoms in total. The van der Waals surface area contributed by atoms with E-state index >= 15 is 0 Å². The Morgan fingerprint density at radius 1 is 1.44 bits per heavy atom. The first-order valence-corrected chi connectivity index (χ1v) is 3.71. The van der Waals surface area contributed by atoms with E-state index in [9.17, 15) is 0 Å². The van der Waals surface area contributed by atoms with Crippen molar-refractivity contribution in [2.75, 3.05) is 6.54 Å². The van der Waals surface area contributed by atoms with Gasteiger partial charge >= 0.3 is 0 Å². The third kappa shape index (κ3) is 7.67. The number of hydrogen-bond acceptors (Lipinski definition) is 1. The highest BCUT2D eigenvalue weighted by Crippen LogP contribution is 2.02. The van der Waals surface area contributed by atoms with Crippen LogP contribution in [0.3, 0.4) is 0 Å². The summed E-state index contributed by atoms with van der Waals surface area (Å²) >= 11 is 0. The molecule has 0 aliphatic carbocycles. The normalized spacial score (nSPS) is 11.6. The van der Waals surface area contributed by atoms with E-state index in [-0.39, 0.29) is 0 Å². The minimum atomic E-state index is 0.831. The van der Waals surface area contributed by atoms with Crippen LogP contribution in [0.1, 0.15) is 33.6 Å². The minimum absolute atomic E-state index is 0.831. The maximum absolute atomic E-state index is 4.12. The molecule has 0 aliphatic rings. The summed E-state index contributed by atoms with van der Waals surface area (Å²) < 4.78 is 0. The number of aliphatic imine (C=N–C) groups is 1. The van der Waals surface area contributed by atoms with Crippen molar-refractivity contribution >= 4 is 6.21 Å². The molecule has 0 spiro atoms. The largest absolute Gasteiger partial charge is 0.298 e. The topological polar surface area (TPSA) is 12.4 Å². The van der Waals surface area contributed by atoms with Gasteiger partial charge in [-0.2, -0.15) is 0 Å². The van der Waals surface area contributed by atoms with Crippen LogP contribution in [0.2, 0.25) is 0 Å². The van der Waals surface area contributed by atoms with E-state index in [0.717, 1.165) is 12.5 Å². The van der Waals surface area contributed by atoms with Crippen LogP contribution in [0, 0.1) is 5.92 Å². The highest BCUT2D eigenvalue weighted by Gasteiger charge is 1.90. The molecule has 0 saturated heterocycles. The average Bonchev–Trinajstić information content (AvgIpc) is 1.80. The maximum Gasteiger partial charge on any atom is 0.0385 e. The Hall–Kier alpha value is -0.330. The van der Waals surface area contributed by atoms with Crippen LogP contribution in [-0.2, 0) is 0 Å². The van der Waals surface area contributed by atoms with Crippen LogP contribution >= 0.6 is 0 Å². The fraction of sp³-hybridized carbons (Fsp3) is 0.875. The molecule has 0 radical (unpaired) electrons. The third-order valence-corrected chi connectivity index (χ3v) is 1.25. The monoisotopic (exact) mass is 127 g/mol. The lowest BCUT2D eigenvalue weighted by Gasteiger charge is -1.99. The SMILES string of the molecule is CC=NCCCC(C)C. The highest BCUT2D eigenvalue weighted by molar-refractivity contribution is 5.53. The number of rotatable bonds is 4. The van der Waals surface area contributed by atoms with Crippen LogP contribution < -0.4 is 0 Å². The van der Waals surface area contributed by atoms with E-state index in [1.54, 1.807) is 0 Å². The Morgan fingerprint density at radius 2 is 2.11 bits per heavy atom. The first-order chi connectivity index (χ1) is 4.27. The molecular formula is C8H17N. The molecule has 0 aromatic heterocycles. The summed E-state index contributed by atoms with van der Waals surface area (Å²) in [7, 11) is 0. The molecule has 0 aliphatic heterocycles. The lowest BCUT2D eigenvalue weighted by molar-refractivity contribution is 0.562. The smallest absolute Gasteiger partial charge is 0.0385 e. The zero-order valence-corrected chi connectivity index (χ0v) is 6.72. The third-order valence-electron chi connectivity index (χ3n) is 1.25. The predicted octanol–water partition coefficient (Wildman–Crippen LogP) is 2.51. The first-order valence-electron chi connectivity index (χ1n) is 3.71. The van der Waals surface area contributed by atoms with Crippen molar-refractivity contribution in [3.05, 3.63) is 0 Å². The molecule has 0 unspecified atom stereocenters. The standard InChI is InChI=1S/C8H17N/c1-4-9-7-5-6-8(2)3/h4,8H,5-7H2,1-3H3. The molecule has 0 saturated carbocycles. The van der Waals surface area contributed by atoms with Crippen molar-refractivity contribution in [1.29, 1.82) is 0 Å². The van der Waals surface area contributed by atoms with E-state index in [0.29, 0.717) is 0 Å². The summed E-state index contributed by atoms with van der Waals surface area (Å²) in [6.45, 7) is 7.47. The highest BCUT2D eigenvalue weighted by atomic mass is 14.7. The zero-order valence-electron chi connectivity index (χ0n) is 6.72. The van der Waals surface area contributed by atoms with Gasteiger partial charge in [-0.1, -0.05) is 13.8 Å². The predicted molar refractivity (Wildman–Crippen MR) is 43.1 cm³/mol. The summed E-state index contributed by atoms with van der Waals surface area (Å²) in [5, 5.41) is 0. The minimum Gasteiger partial charge on any atom is -0.298 e. The summed E-state index contributed by atoms with van der Waals surface area (Å²) in [4.78, 5) is 4.12. The van der Waals surface area contributed by atoms with Gasteiger partial charge in [0.15, 0.2) is 0 Å². The fourth-order valence-electron chi connectivity index (χ4n) is 0.720. The molecule has 0 amide bonds. The second-order valence-electron chi connectivity index (χ2n) is 2.70. The second-order valence-corrected chi connectivity index (χ2v) is 2.70. The van der Waals surface area contributed by atoms with E-state index in [1.807, 2.05) is 13.1 Å². The Balaban J connectivity index is 2.91. The van der Waals surface area contributed by atoms with Crippen molar-refractivity contribution in [3.63, 3.8) is 0 Å². The zero-order chi connectivity index (χ0) is 7.11. The van der Waals surface area contributed by atoms with Gasteiger partial charge in [0.2, 0.25) is 0 Å². The quantitative estimate of drug-likeness (QED) is 0.406. The van der Waals surface area contributed by atoms with Crippen molar-refractivity contribution in [1.82, 2.24) is 0 Å². The van der Waals surface area contributed by atoms with Crippen LogP contribution in [0.5, 0.6) is 0 Å². The van der Waals surface area contributed by atoms with Crippen LogP contribution in [-0.4, -0.2) is 12.8 Å². The summed E-state index contributed by atoms with van der Waals surface area (Å²) in [6.07, 6.45) is 4.42. The molecule has 0 bridgehead atoms. The van der Waals surface area contributed by atoms with Gasteiger partial charge in [0.25, 0.3) is 0 Å². The molecule has 0 rings (SSSR count). The van der Waals surface area contributed by atoms with Crippen molar-refractivity contribution in [2.24, 2.45) is 10.9 Å². The molecule has 0 N–H and O–H groups in total. The van der Waals surface area contributed by atoms with Gasteiger partial charge in [-0.15, -0.1) is 0 Å². The molecule has 0 aromatic carbocycles. The van der Waals surface area contributed by atoms with Gasteiger partial charge in [-0.05, 0) is 31.9 Å². The molecule has 0 aromatic rings. The fourth-order valence-corrected chi connectivity index (χ4v) is 0.720. The summed E-state index contributed by atoms with van der Waals surface area (Å²) in [5.41, 5.74) is 0. The van der Waals surface area contributed by atoms with Crippen molar-refractivity contribution in [2.45, 2.75) is 33.6 Å². The van der Waals surface area contributed by atoms with Gasteiger partial charge in [0.1, 0.15) is 0 Å². The average molecular weight is 127 g/mol. The molecule has 0 atom stereocenters. The van der Waals surface area contributed by atoms with Crippen molar-refractivity contribution < 1.29 is 0 Å². The lowest BCUT2D eigenvalue weighted by atomic mass is 10.1. The van der Waals surface area contributed by atoms with Gasteiger partial charge in [0.05, 0.1) is 0 Å². The van der Waals surface area contributed by atoms with E-state index in [1.165, 1.54) is 12.8 Å². The van der Waals surface area contributed by atoms with Crippen LogP contribution in [0.25, 0.3) is 0 Å². The van der Waals surface area contributed by atoms with Gasteiger partial charge in [0, 0.05) is 6.54 Å². The Labute approximate surface area is 58.2 Å². The second kappa shape index (κ2) is 5.80. The molecular weight excluding hydrogens is 110 g/mol. The maximum atomic E-state index is 4.12. The van der Waals surface area contributed by atoms with E-state index in [4.69, 9.17) is 0 Å². The van der Waals surface area contributed by atoms with E-state index in [2.05, 4.69) is 18.8 Å². The molecule has 9 heavy (non-hydrogen) atoms. The Bertz CT molecular complexity index is 74.6.